The number of hydrogen-bond acceptors (Lipinski definition) is 2. The van der Waals surface area contributed by atoms with Crippen LogP contribution in [0.4, 0.5) is 0 Å². The molecule has 0 spiro atoms. The maximum Gasteiger partial charge on any atom is 0.105 e. The Morgan fingerprint density at radius 1 is 1.00 bits per heavy atom. The van der Waals surface area contributed by atoms with Crippen molar-refractivity contribution in [3.63, 3.8) is 0 Å². The van der Waals surface area contributed by atoms with E-state index in [9.17, 15) is 0 Å². The van der Waals surface area contributed by atoms with Crippen molar-refractivity contribution in [2.75, 3.05) is 20.2 Å². The van der Waals surface area contributed by atoms with Crippen molar-refractivity contribution < 1.29 is 4.74 Å². The second-order valence-corrected chi connectivity index (χ2v) is 4.39. The number of unbranched alkanes of at least 4 members (excludes halogenated alkanes) is 4. The summed E-state index contributed by atoms with van der Waals surface area (Å²) in [5.74, 6) is 0. The zero-order chi connectivity index (χ0) is 12.8. The molecule has 0 N–H and O–H groups in total. The first-order valence-electron chi connectivity index (χ1n) is 6.94. The highest BCUT2D eigenvalue weighted by Crippen LogP contribution is 1.97. The van der Waals surface area contributed by atoms with Crippen molar-refractivity contribution in [3.8, 4) is 0 Å². The Balaban J connectivity index is 3.35. The minimum atomic E-state index is 0.761. The molecule has 0 aliphatic carbocycles. The number of rotatable bonds is 11. The van der Waals surface area contributed by atoms with Crippen LogP contribution < -0.4 is 0 Å². The van der Waals surface area contributed by atoms with Gasteiger partial charge >= 0.3 is 0 Å². The van der Waals surface area contributed by atoms with Crippen molar-refractivity contribution in [2.24, 2.45) is 0 Å². The van der Waals surface area contributed by atoms with Gasteiger partial charge in [-0.2, -0.15) is 0 Å². The molecule has 2 heteroatoms. The molecule has 0 aromatic rings. The first kappa shape index (κ1) is 16.1. The Labute approximate surface area is 107 Å². The monoisotopic (exact) mass is 239 g/mol. The number of ether oxygens (including phenoxy) is 1. The topological polar surface area (TPSA) is 12.5 Å². The number of likely N-dealkylation sites (N-methyl/N-ethyl adjacent to an activating group) is 1. The van der Waals surface area contributed by atoms with E-state index < -0.39 is 0 Å². The lowest BCUT2D eigenvalue weighted by molar-refractivity contribution is 0.219. The van der Waals surface area contributed by atoms with Crippen LogP contribution in [0.3, 0.4) is 0 Å². The summed E-state index contributed by atoms with van der Waals surface area (Å²) in [5, 5.41) is 0. The second kappa shape index (κ2) is 13.1. The summed E-state index contributed by atoms with van der Waals surface area (Å²) in [6.07, 6.45) is 15.7. The van der Waals surface area contributed by atoms with Crippen molar-refractivity contribution in [1.82, 2.24) is 4.90 Å². The Bertz CT molecular complexity index is 199. The van der Waals surface area contributed by atoms with E-state index in [-0.39, 0.29) is 0 Å². The van der Waals surface area contributed by atoms with Gasteiger partial charge in [0.1, 0.15) is 6.61 Å². The first-order chi connectivity index (χ1) is 8.31. The fourth-order valence-corrected chi connectivity index (χ4v) is 1.37. The normalized spacial score (nSPS) is 11.5. The summed E-state index contributed by atoms with van der Waals surface area (Å²) >= 11 is 0. The van der Waals surface area contributed by atoms with E-state index in [0.717, 1.165) is 19.6 Å². The summed E-state index contributed by atoms with van der Waals surface area (Å²) in [4.78, 5) is 2.18. The van der Waals surface area contributed by atoms with Crippen LogP contribution >= 0.6 is 0 Å². The van der Waals surface area contributed by atoms with Crippen LogP contribution in [0, 0.1) is 0 Å². The smallest absolute Gasteiger partial charge is 0.105 e. The molecule has 0 bridgehead atoms. The molecule has 2 nitrogen and oxygen atoms in total. The summed E-state index contributed by atoms with van der Waals surface area (Å²) in [6.45, 7) is 6.13. The predicted molar refractivity (Wildman–Crippen MR) is 75.9 cm³/mol. The van der Waals surface area contributed by atoms with E-state index in [2.05, 4.69) is 44.1 Å². The van der Waals surface area contributed by atoms with E-state index in [4.69, 9.17) is 4.74 Å². The molecule has 0 heterocycles. The largest absolute Gasteiger partial charge is 0.500 e. The molecular formula is C15H29NO. The van der Waals surface area contributed by atoms with Gasteiger partial charge in [0, 0.05) is 7.05 Å². The minimum absolute atomic E-state index is 0.761. The summed E-state index contributed by atoms with van der Waals surface area (Å²) in [6, 6.07) is 0. The van der Waals surface area contributed by atoms with Crippen molar-refractivity contribution in [2.45, 2.75) is 52.4 Å². The molecule has 0 aliphatic heterocycles. The van der Waals surface area contributed by atoms with Gasteiger partial charge in [0.05, 0.1) is 12.8 Å². The zero-order valence-corrected chi connectivity index (χ0v) is 11.8. The standard InChI is InChI=1S/C15H29NO/c1-4-6-8-10-12-16(3)13-15-17-14-11-9-7-5-2/h10-12,14H,4-9,13,15H2,1-3H3. The maximum atomic E-state index is 5.42. The highest BCUT2D eigenvalue weighted by Gasteiger charge is 1.89. The van der Waals surface area contributed by atoms with Gasteiger partial charge in [-0.3, -0.25) is 0 Å². The van der Waals surface area contributed by atoms with Gasteiger partial charge in [-0.25, -0.2) is 0 Å². The molecule has 100 valence electrons. The average molecular weight is 239 g/mol. The van der Waals surface area contributed by atoms with Crippen molar-refractivity contribution >= 4 is 0 Å². The molecule has 0 radical (unpaired) electrons. The number of hydrogen-bond donors (Lipinski definition) is 0. The molecular weight excluding hydrogens is 210 g/mol. The Hall–Kier alpha value is -0.920. The van der Waals surface area contributed by atoms with Gasteiger partial charge in [-0.15, -0.1) is 0 Å². The minimum Gasteiger partial charge on any atom is -0.500 e. The summed E-state index contributed by atoms with van der Waals surface area (Å²) in [7, 11) is 2.09. The lowest BCUT2D eigenvalue weighted by Crippen LogP contribution is -2.16. The Morgan fingerprint density at radius 3 is 2.29 bits per heavy atom. The van der Waals surface area contributed by atoms with E-state index in [1.165, 1.54) is 32.1 Å². The van der Waals surface area contributed by atoms with Crippen LogP contribution in [0.2, 0.25) is 0 Å². The summed E-state index contributed by atoms with van der Waals surface area (Å²) in [5.41, 5.74) is 0. The van der Waals surface area contributed by atoms with Crippen molar-refractivity contribution in [3.05, 3.63) is 24.6 Å². The molecule has 0 rings (SSSR count). The third kappa shape index (κ3) is 13.0. The number of allylic oxidation sites excluding steroid dienone is 2. The molecule has 0 atom stereocenters. The summed E-state index contributed by atoms with van der Waals surface area (Å²) < 4.78 is 5.42. The quantitative estimate of drug-likeness (QED) is 0.393. The zero-order valence-electron chi connectivity index (χ0n) is 11.8. The molecule has 17 heavy (non-hydrogen) atoms. The molecule has 0 amide bonds. The number of nitrogens with zero attached hydrogens (tertiary/aromatic N) is 1. The lowest BCUT2D eigenvalue weighted by atomic mass is 10.2. The Kier molecular flexibility index (Phi) is 12.4. The van der Waals surface area contributed by atoms with E-state index in [1.807, 2.05) is 6.26 Å². The van der Waals surface area contributed by atoms with Gasteiger partial charge in [0.2, 0.25) is 0 Å². The second-order valence-electron chi connectivity index (χ2n) is 4.39. The van der Waals surface area contributed by atoms with E-state index >= 15 is 0 Å². The Morgan fingerprint density at radius 2 is 1.65 bits per heavy atom. The lowest BCUT2D eigenvalue weighted by Gasteiger charge is -2.13. The van der Waals surface area contributed by atoms with Crippen LogP contribution in [0.25, 0.3) is 0 Å². The third-order valence-corrected chi connectivity index (χ3v) is 2.56. The van der Waals surface area contributed by atoms with Gasteiger partial charge in [0.15, 0.2) is 0 Å². The van der Waals surface area contributed by atoms with Gasteiger partial charge in [-0.1, -0.05) is 39.2 Å². The average Bonchev–Trinajstić information content (AvgIpc) is 2.33. The van der Waals surface area contributed by atoms with Gasteiger partial charge < -0.3 is 9.64 Å². The van der Waals surface area contributed by atoms with Gasteiger partial charge in [-0.05, 0) is 31.5 Å². The molecule has 0 saturated heterocycles. The van der Waals surface area contributed by atoms with Gasteiger partial charge in [0.25, 0.3) is 0 Å². The van der Waals surface area contributed by atoms with Crippen LogP contribution in [0.1, 0.15) is 52.4 Å². The fraction of sp³-hybridized carbons (Fsp3) is 0.733. The molecule has 0 fully saturated rings. The predicted octanol–water partition coefficient (Wildman–Crippen LogP) is 4.34. The molecule has 0 saturated carbocycles. The maximum absolute atomic E-state index is 5.42. The van der Waals surface area contributed by atoms with Crippen LogP contribution in [0.15, 0.2) is 24.6 Å². The first-order valence-corrected chi connectivity index (χ1v) is 6.94. The van der Waals surface area contributed by atoms with Crippen LogP contribution in [-0.4, -0.2) is 25.1 Å². The fourth-order valence-electron chi connectivity index (χ4n) is 1.37. The van der Waals surface area contributed by atoms with E-state index in [1.54, 1.807) is 0 Å². The van der Waals surface area contributed by atoms with Crippen LogP contribution in [-0.2, 0) is 4.74 Å². The highest BCUT2D eigenvalue weighted by atomic mass is 16.5. The molecule has 0 aromatic carbocycles. The van der Waals surface area contributed by atoms with E-state index in [0.29, 0.717) is 0 Å². The molecule has 0 aromatic heterocycles. The SMILES string of the molecule is CCCCC=COCCN(C)C=CCCCC. The third-order valence-electron chi connectivity index (χ3n) is 2.56. The van der Waals surface area contributed by atoms with Crippen molar-refractivity contribution in [1.29, 1.82) is 0 Å². The highest BCUT2D eigenvalue weighted by molar-refractivity contribution is 4.80. The van der Waals surface area contributed by atoms with Crippen LogP contribution in [0.5, 0.6) is 0 Å². The molecule has 0 aliphatic rings. The molecule has 0 unspecified atom stereocenters.